The minimum Gasteiger partial charge on any atom is -0.378 e. The van der Waals surface area contributed by atoms with Gasteiger partial charge in [-0.2, -0.15) is 0 Å². The minimum atomic E-state index is -0.704. The van der Waals surface area contributed by atoms with E-state index < -0.39 is 11.6 Å². The van der Waals surface area contributed by atoms with Gasteiger partial charge in [-0.25, -0.2) is 18.7 Å². The van der Waals surface area contributed by atoms with Gasteiger partial charge in [0.25, 0.3) is 0 Å². The van der Waals surface area contributed by atoms with Crippen molar-refractivity contribution in [2.75, 3.05) is 36.5 Å². The highest BCUT2D eigenvalue weighted by Gasteiger charge is 2.20. The molecule has 9 heteroatoms. The van der Waals surface area contributed by atoms with Crippen LogP contribution in [0.2, 0.25) is 0 Å². The van der Waals surface area contributed by atoms with E-state index in [1.807, 2.05) is 26.0 Å². The van der Waals surface area contributed by atoms with Crippen LogP contribution in [0.4, 0.5) is 26.1 Å². The van der Waals surface area contributed by atoms with Crippen molar-refractivity contribution < 1.29 is 13.5 Å². The van der Waals surface area contributed by atoms with Crippen molar-refractivity contribution in [1.29, 1.82) is 0 Å². The van der Waals surface area contributed by atoms with Gasteiger partial charge in [-0.05, 0) is 31.5 Å². The van der Waals surface area contributed by atoms with Crippen LogP contribution in [-0.4, -0.2) is 46.2 Å². The fourth-order valence-corrected chi connectivity index (χ4v) is 3.97. The molecular formula is C24H22F2N6O. The lowest BCUT2D eigenvalue weighted by Crippen LogP contribution is -2.36. The summed E-state index contributed by atoms with van der Waals surface area (Å²) in [6.45, 7) is 6.45. The Bertz CT molecular complexity index is 1340. The summed E-state index contributed by atoms with van der Waals surface area (Å²) in [5, 5.41) is 3.40. The second-order valence-electron chi connectivity index (χ2n) is 7.95. The lowest BCUT2D eigenvalue weighted by atomic mass is 10.0. The van der Waals surface area contributed by atoms with Crippen molar-refractivity contribution in [3.63, 3.8) is 0 Å². The first-order valence-corrected chi connectivity index (χ1v) is 10.6. The Morgan fingerprint density at radius 1 is 1.03 bits per heavy atom. The standard InChI is InChI=1S/C24H22F2N6O/c1-14-3-4-28-19(9-14)23-15(2)24(22-17(26)10-16(25)11-18(22)29-23)31-20-12-27-13-21(30-20)32-5-7-33-8-6-32/h3-4,9-13H,5-8H2,1-2H3,(H,29,30,31). The van der Waals surface area contributed by atoms with E-state index in [-0.39, 0.29) is 10.9 Å². The lowest BCUT2D eigenvalue weighted by molar-refractivity contribution is 0.122. The normalized spacial score (nSPS) is 14.0. The molecule has 0 unspecified atom stereocenters. The molecule has 0 bridgehead atoms. The lowest BCUT2D eigenvalue weighted by Gasteiger charge is -2.27. The van der Waals surface area contributed by atoms with Gasteiger partial charge in [-0.3, -0.25) is 9.97 Å². The molecule has 5 rings (SSSR count). The highest BCUT2D eigenvalue weighted by Crippen LogP contribution is 2.36. The molecule has 0 aliphatic carbocycles. The molecule has 7 nitrogen and oxygen atoms in total. The number of hydrogen-bond donors (Lipinski definition) is 1. The molecule has 0 spiro atoms. The quantitative estimate of drug-likeness (QED) is 0.490. The largest absolute Gasteiger partial charge is 0.378 e. The molecule has 1 aliphatic rings. The third-order valence-corrected chi connectivity index (χ3v) is 5.61. The monoisotopic (exact) mass is 448 g/mol. The highest BCUT2D eigenvalue weighted by atomic mass is 19.1. The number of halogens is 2. The Morgan fingerprint density at radius 2 is 1.85 bits per heavy atom. The van der Waals surface area contributed by atoms with E-state index in [1.165, 1.54) is 6.07 Å². The molecule has 4 heterocycles. The van der Waals surface area contributed by atoms with E-state index in [1.54, 1.807) is 18.6 Å². The number of pyridine rings is 2. The van der Waals surface area contributed by atoms with Crippen molar-refractivity contribution >= 4 is 28.2 Å². The highest BCUT2D eigenvalue weighted by molar-refractivity contribution is 5.97. The Hall–Kier alpha value is -3.72. The molecule has 0 amide bonds. The molecule has 168 valence electrons. The average molecular weight is 448 g/mol. The second kappa shape index (κ2) is 8.67. The molecule has 1 aliphatic heterocycles. The van der Waals surface area contributed by atoms with Crippen LogP contribution < -0.4 is 10.2 Å². The van der Waals surface area contributed by atoms with Crippen molar-refractivity contribution in [1.82, 2.24) is 19.9 Å². The Morgan fingerprint density at radius 3 is 2.64 bits per heavy atom. The number of aromatic nitrogens is 4. The molecule has 0 radical (unpaired) electrons. The van der Waals surface area contributed by atoms with Crippen molar-refractivity contribution in [2.45, 2.75) is 13.8 Å². The van der Waals surface area contributed by atoms with Gasteiger partial charge in [-0.15, -0.1) is 0 Å². The van der Waals surface area contributed by atoms with Gasteiger partial charge in [0.05, 0.1) is 53.6 Å². The van der Waals surface area contributed by atoms with E-state index in [0.717, 1.165) is 11.6 Å². The maximum absolute atomic E-state index is 15.0. The van der Waals surface area contributed by atoms with Gasteiger partial charge >= 0.3 is 0 Å². The predicted molar refractivity (Wildman–Crippen MR) is 123 cm³/mol. The van der Waals surface area contributed by atoms with Crippen LogP contribution in [0.25, 0.3) is 22.3 Å². The summed E-state index contributed by atoms with van der Waals surface area (Å²) in [6, 6.07) is 5.85. The van der Waals surface area contributed by atoms with Crippen molar-refractivity contribution in [3.8, 4) is 11.4 Å². The summed E-state index contributed by atoms with van der Waals surface area (Å²) in [5.41, 5.74) is 3.47. The number of fused-ring (bicyclic) bond motifs is 1. The molecule has 1 fully saturated rings. The minimum absolute atomic E-state index is 0.184. The van der Waals surface area contributed by atoms with Crippen LogP contribution in [0.3, 0.4) is 0 Å². The smallest absolute Gasteiger partial charge is 0.151 e. The third kappa shape index (κ3) is 4.19. The summed E-state index contributed by atoms with van der Waals surface area (Å²) >= 11 is 0. The zero-order chi connectivity index (χ0) is 22.9. The van der Waals surface area contributed by atoms with Gasteiger partial charge in [0, 0.05) is 37.0 Å². The first-order chi connectivity index (χ1) is 16.0. The molecule has 1 aromatic carbocycles. The zero-order valence-electron chi connectivity index (χ0n) is 18.3. The number of benzene rings is 1. The van der Waals surface area contributed by atoms with E-state index in [2.05, 4.69) is 30.2 Å². The maximum atomic E-state index is 15.0. The van der Waals surface area contributed by atoms with Crippen LogP contribution in [0.15, 0.2) is 42.9 Å². The number of nitrogens with zero attached hydrogens (tertiary/aromatic N) is 5. The zero-order valence-corrected chi connectivity index (χ0v) is 18.3. The van der Waals surface area contributed by atoms with E-state index in [4.69, 9.17) is 4.74 Å². The Labute approximate surface area is 189 Å². The van der Waals surface area contributed by atoms with E-state index in [0.29, 0.717) is 60.6 Å². The molecule has 1 N–H and O–H groups in total. The first kappa shape index (κ1) is 21.1. The summed E-state index contributed by atoms with van der Waals surface area (Å²) in [7, 11) is 0. The van der Waals surface area contributed by atoms with Crippen molar-refractivity contribution in [3.05, 3.63) is 65.6 Å². The second-order valence-corrected chi connectivity index (χ2v) is 7.95. The van der Waals surface area contributed by atoms with Gasteiger partial charge in [0.15, 0.2) is 5.82 Å². The molecule has 1 saturated heterocycles. The number of anilines is 3. The SMILES string of the molecule is Cc1ccnc(-c2nc3cc(F)cc(F)c3c(Nc3cncc(N4CCOCC4)n3)c2C)c1. The van der Waals surface area contributed by atoms with Crippen LogP contribution in [0, 0.1) is 25.5 Å². The molecule has 4 aromatic rings. The predicted octanol–water partition coefficient (Wildman–Crippen LogP) is 4.56. The number of morpholine rings is 1. The number of ether oxygens (including phenoxy) is 1. The summed E-state index contributed by atoms with van der Waals surface area (Å²) in [6.07, 6.45) is 4.94. The first-order valence-electron chi connectivity index (χ1n) is 10.6. The van der Waals surface area contributed by atoms with Crippen LogP contribution in [0.1, 0.15) is 11.1 Å². The van der Waals surface area contributed by atoms with Crippen LogP contribution in [0.5, 0.6) is 0 Å². The van der Waals surface area contributed by atoms with Gasteiger partial charge < -0.3 is 15.0 Å². The Kier molecular flexibility index (Phi) is 5.55. The van der Waals surface area contributed by atoms with Gasteiger partial charge in [0.1, 0.15) is 17.5 Å². The fourth-order valence-electron chi connectivity index (χ4n) is 3.97. The van der Waals surface area contributed by atoms with Crippen LogP contribution in [-0.2, 0) is 4.74 Å². The summed E-state index contributed by atoms with van der Waals surface area (Å²) in [4.78, 5) is 20.0. The number of hydrogen-bond acceptors (Lipinski definition) is 7. The summed E-state index contributed by atoms with van der Waals surface area (Å²) in [5.74, 6) is -0.253. The Balaban J connectivity index is 1.65. The topological polar surface area (TPSA) is 76.1 Å². The number of rotatable bonds is 4. The number of aryl methyl sites for hydroxylation is 1. The molecular weight excluding hydrogens is 426 g/mol. The third-order valence-electron chi connectivity index (χ3n) is 5.61. The maximum Gasteiger partial charge on any atom is 0.151 e. The van der Waals surface area contributed by atoms with Gasteiger partial charge in [0.2, 0.25) is 0 Å². The average Bonchev–Trinajstić information content (AvgIpc) is 2.81. The fraction of sp³-hybridized carbons (Fsp3) is 0.250. The van der Waals surface area contributed by atoms with E-state index >= 15 is 0 Å². The molecule has 0 atom stereocenters. The molecule has 3 aromatic heterocycles. The van der Waals surface area contributed by atoms with Crippen LogP contribution >= 0.6 is 0 Å². The molecule has 33 heavy (non-hydrogen) atoms. The summed E-state index contributed by atoms with van der Waals surface area (Å²) < 4.78 is 34.4. The van der Waals surface area contributed by atoms with Crippen molar-refractivity contribution in [2.24, 2.45) is 0 Å². The number of nitrogens with one attached hydrogen (secondary N) is 1. The van der Waals surface area contributed by atoms with Gasteiger partial charge in [-0.1, -0.05) is 0 Å². The molecule has 0 saturated carbocycles. The van der Waals surface area contributed by atoms with E-state index in [9.17, 15) is 8.78 Å².